The number of hydrogen-bond acceptors (Lipinski definition) is 3. The average Bonchev–Trinajstić information content (AvgIpc) is 2.34. The van der Waals surface area contributed by atoms with Gasteiger partial charge in [-0.25, -0.2) is 13.6 Å². The predicted octanol–water partition coefficient (Wildman–Crippen LogP) is 1.92. The smallest absolute Gasteiger partial charge is 0.410 e. The molecule has 98 valence electrons. The lowest BCUT2D eigenvalue weighted by atomic mass is 10.1. The number of rotatable bonds is 1. The minimum atomic E-state index is -1.06. The van der Waals surface area contributed by atoms with Crippen molar-refractivity contribution in [1.82, 2.24) is 4.90 Å². The molecule has 2 rings (SSSR count). The van der Waals surface area contributed by atoms with Crippen LogP contribution >= 0.6 is 0 Å². The Bertz CT molecular complexity index is 445. The molecule has 0 spiro atoms. The number of piperidine rings is 1. The summed E-state index contributed by atoms with van der Waals surface area (Å²) in [4.78, 5) is 13.1. The van der Waals surface area contributed by atoms with Crippen LogP contribution in [0.5, 0.6) is 5.75 Å². The summed E-state index contributed by atoms with van der Waals surface area (Å²) in [6.45, 7) is 0.785. The van der Waals surface area contributed by atoms with E-state index in [1.807, 2.05) is 0 Å². The zero-order chi connectivity index (χ0) is 13.1. The van der Waals surface area contributed by atoms with E-state index in [0.29, 0.717) is 25.9 Å². The van der Waals surface area contributed by atoms with Crippen molar-refractivity contribution < 1.29 is 23.4 Å². The zero-order valence-corrected chi connectivity index (χ0v) is 9.60. The molecule has 1 aromatic rings. The second kappa shape index (κ2) is 5.30. The molecule has 1 aliphatic heterocycles. The van der Waals surface area contributed by atoms with Gasteiger partial charge in [-0.3, -0.25) is 0 Å². The Balaban J connectivity index is 1.96. The van der Waals surface area contributed by atoms with Crippen molar-refractivity contribution >= 4 is 6.09 Å². The maximum atomic E-state index is 12.9. The minimum Gasteiger partial charge on any atom is -0.410 e. The van der Waals surface area contributed by atoms with Gasteiger partial charge in [0.15, 0.2) is 11.6 Å². The highest BCUT2D eigenvalue weighted by Gasteiger charge is 2.22. The molecule has 0 aromatic heterocycles. The summed E-state index contributed by atoms with van der Waals surface area (Å²) in [5.74, 6) is -2.09. The summed E-state index contributed by atoms with van der Waals surface area (Å²) in [7, 11) is 0. The summed E-state index contributed by atoms with van der Waals surface area (Å²) >= 11 is 0. The predicted molar refractivity (Wildman–Crippen MR) is 59.2 cm³/mol. The van der Waals surface area contributed by atoms with Crippen molar-refractivity contribution in [2.75, 3.05) is 13.1 Å². The lowest BCUT2D eigenvalue weighted by molar-refractivity contribution is 0.0797. The number of aliphatic hydroxyl groups excluding tert-OH is 1. The Morgan fingerprint density at radius 1 is 1.28 bits per heavy atom. The monoisotopic (exact) mass is 257 g/mol. The van der Waals surface area contributed by atoms with Crippen molar-refractivity contribution in [2.45, 2.75) is 18.9 Å². The van der Waals surface area contributed by atoms with Crippen LogP contribution in [0, 0.1) is 11.6 Å². The quantitative estimate of drug-likeness (QED) is 0.836. The van der Waals surface area contributed by atoms with E-state index in [0.717, 1.165) is 12.1 Å². The molecule has 1 aliphatic rings. The fraction of sp³-hybridized carbons (Fsp3) is 0.417. The van der Waals surface area contributed by atoms with Crippen LogP contribution in [0.25, 0.3) is 0 Å². The number of hydrogen-bond donors (Lipinski definition) is 1. The molecule has 6 heteroatoms. The standard InChI is InChI=1S/C12H13F2NO3/c13-10-2-1-9(7-11(10)14)18-12(17)15-5-3-8(16)4-6-15/h1-2,7-8,16H,3-6H2. The topological polar surface area (TPSA) is 49.8 Å². The number of benzene rings is 1. The number of nitrogens with zero attached hydrogens (tertiary/aromatic N) is 1. The van der Waals surface area contributed by atoms with Crippen LogP contribution in [0.4, 0.5) is 13.6 Å². The largest absolute Gasteiger partial charge is 0.415 e. The van der Waals surface area contributed by atoms with Crippen LogP contribution in [0.15, 0.2) is 18.2 Å². The second-order valence-corrected chi connectivity index (χ2v) is 4.16. The summed E-state index contributed by atoms with van der Waals surface area (Å²) in [6.07, 6.45) is -0.0232. The molecule has 0 radical (unpaired) electrons. The van der Waals surface area contributed by atoms with Crippen molar-refractivity contribution in [1.29, 1.82) is 0 Å². The van der Waals surface area contributed by atoms with Crippen molar-refractivity contribution in [3.8, 4) is 5.75 Å². The highest BCUT2D eigenvalue weighted by atomic mass is 19.2. The summed E-state index contributed by atoms with van der Waals surface area (Å²) in [5, 5.41) is 9.30. The maximum Gasteiger partial charge on any atom is 0.415 e. The fourth-order valence-electron chi connectivity index (χ4n) is 1.75. The molecule has 1 heterocycles. The van der Waals surface area contributed by atoms with Gasteiger partial charge in [0, 0.05) is 19.2 Å². The van der Waals surface area contributed by atoms with Crippen LogP contribution in [-0.4, -0.2) is 35.3 Å². The number of ether oxygens (including phenoxy) is 1. The summed E-state index contributed by atoms with van der Waals surface area (Å²) < 4.78 is 30.5. The lowest BCUT2D eigenvalue weighted by Crippen LogP contribution is -2.41. The van der Waals surface area contributed by atoms with Gasteiger partial charge in [0.05, 0.1) is 6.10 Å². The Morgan fingerprint density at radius 3 is 2.56 bits per heavy atom. The van der Waals surface area contributed by atoms with Crippen LogP contribution < -0.4 is 4.74 Å². The highest BCUT2D eigenvalue weighted by molar-refractivity contribution is 5.70. The van der Waals surface area contributed by atoms with E-state index in [1.54, 1.807) is 0 Å². The first-order valence-corrected chi connectivity index (χ1v) is 5.66. The van der Waals surface area contributed by atoms with Gasteiger partial charge in [-0.05, 0) is 25.0 Å². The molecule has 1 aromatic carbocycles. The first-order valence-electron chi connectivity index (χ1n) is 5.66. The van der Waals surface area contributed by atoms with Gasteiger partial charge in [-0.15, -0.1) is 0 Å². The third kappa shape index (κ3) is 2.95. The van der Waals surface area contributed by atoms with E-state index in [2.05, 4.69) is 0 Å². The number of likely N-dealkylation sites (tertiary alicyclic amines) is 1. The molecule has 0 atom stereocenters. The first kappa shape index (κ1) is 12.8. The number of carbonyl (C=O) groups is 1. The number of amides is 1. The molecule has 4 nitrogen and oxygen atoms in total. The van der Waals surface area contributed by atoms with Gasteiger partial charge in [0.1, 0.15) is 5.75 Å². The van der Waals surface area contributed by atoms with E-state index in [4.69, 9.17) is 4.74 Å². The number of halogens is 2. The molecule has 0 aliphatic carbocycles. The molecule has 1 N–H and O–H groups in total. The Morgan fingerprint density at radius 2 is 1.94 bits per heavy atom. The van der Waals surface area contributed by atoms with Gasteiger partial charge in [0.25, 0.3) is 0 Å². The normalized spacial score (nSPS) is 16.7. The van der Waals surface area contributed by atoms with Crippen LogP contribution in [0.1, 0.15) is 12.8 Å². The van der Waals surface area contributed by atoms with Crippen LogP contribution in [0.2, 0.25) is 0 Å². The lowest BCUT2D eigenvalue weighted by Gasteiger charge is -2.28. The van der Waals surface area contributed by atoms with E-state index in [9.17, 15) is 18.7 Å². The molecule has 18 heavy (non-hydrogen) atoms. The zero-order valence-electron chi connectivity index (χ0n) is 9.60. The minimum absolute atomic E-state index is 0.0370. The molecule has 1 amide bonds. The van der Waals surface area contributed by atoms with Crippen molar-refractivity contribution in [3.05, 3.63) is 29.8 Å². The Labute approximate surface area is 103 Å². The molecule has 1 saturated heterocycles. The third-order valence-electron chi connectivity index (χ3n) is 2.82. The maximum absolute atomic E-state index is 12.9. The van der Waals surface area contributed by atoms with Gasteiger partial charge < -0.3 is 14.7 Å². The highest BCUT2D eigenvalue weighted by Crippen LogP contribution is 2.17. The average molecular weight is 257 g/mol. The van der Waals surface area contributed by atoms with Gasteiger partial charge in [-0.1, -0.05) is 0 Å². The molecule has 0 bridgehead atoms. The molecule has 0 unspecified atom stereocenters. The Hall–Kier alpha value is -1.69. The summed E-state index contributed by atoms with van der Waals surface area (Å²) in [5.41, 5.74) is 0. The van der Waals surface area contributed by atoms with Crippen LogP contribution in [-0.2, 0) is 0 Å². The van der Waals surface area contributed by atoms with Gasteiger partial charge in [0.2, 0.25) is 0 Å². The van der Waals surface area contributed by atoms with E-state index in [-0.39, 0.29) is 5.75 Å². The second-order valence-electron chi connectivity index (χ2n) is 4.16. The summed E-state index contributed by atoms with van der Waals surface area (Å²) in [6, 6.07) is 2.92. The molecular weight excluding hydrogens is 244 g/mol. The van der Waals surface area contributed by atoms with E-state index < -0.39 is 23.8 Å². The number of aliphatic hydroxyl groups is 1. The Kier molecular flexibility index (Phi) is 3.76. The molecule has 0 saturated carbocycles. The van der Waals surface area contributed by atoms with E-state index in [1.165, 1.54) is 11.0 Å². The van der Waals surface area contributed by atoms with Gasteiger partial charge >= 0.3 is 6.09 Å². The third-order valence-corrected chi connectivity index (χ3v) is 2.82. The fourth-order valence-corrected chi connectivity index (χ4v) is 1.75. The van der Waals surface area contributed by atoms with Crippen LogP contribution in [0.3, 0.4) is 0 Å². The van der Waals surface area contributed by atoms with Gasteiger partial charge in [-0.2, -0.15) is 0 Å². The van der Waals surface area contributed by atoms with E-state index >= 15 is 0 Å². The van der Waals surface area contributed by atoms with Crippen molar-refractivity contribution in [3.63, 3.8) is 0 Å². The van der Waals surface area contributed by atoms with Crippen molar-refractivity contribution in [2.24, 2.45) is 0 Å². The number of carbonyl (C=O) groups excluding carboxylic acids is 1. The SMILES string of the molecule is O=C(Oc1ccc(F)c(F)c1)N1CCC(O)CC1. The molecular formula is C12H13F2NO3. The first-order chi connectivity index (χ1) is 8.56. The molecule has 1 fully saturated rings.